The van der Waals surface area contributed by atoms with Crippen molar-refractivity contribution in [3.63, 3.8) is 0 Å². The third-order valence-electron chi connectivity index (χ3n) is 3.93. The first kappa shape index (κ1) is 14.1. The fraction of sp³-hybridized carbons (Fsp3) is 0.562. The van der Waals surface area contributed by atoms with Gasteiger partial charge >= 0.3 is 0 Å². The van der Waals surface area contributed by atoms with E-state index in [0.717, 1.165) is 32.4 Å². The lowest BCUT2D eigenvalue weighted by molar-refractivity contribution is -0.135. The minimum Gasteiger partial charge on any atom is -0.345 e. The summed E-state index contributed by atoms with van der Waals surface area (Å²) < 4.78 is 0. The molecule has 1 aromatic rings. The minimum absolute atomic E-state index is 0.206. The summed E-state index contributed by atoms with van der Waals surface area (Å²) >= 11 is 0. The Morgan fingerprint density at radius 3 is 2.79 bits per heavy atom. The Morgan fingerprint density at radius 2 is 2.11 bits per heavy atom. The summed E-state index contributed by atoms with van der Waals surface area (Å²) in [4.78, 5) is 14.3. The quantitative estimate of drug-likeness (QED) is 0.899. The number of nitrogens with one attached hydrogen (secondary N) is 1. The summed E-state index contributed by atoms with van der Waals surface area (Å²) in [6.07, 6.45) is 2.87. The summed E-state index contributed by atoms with van der Waals surface area (Å²) in [5, 5.41) is 3.39. The highest BCUT2D eigenvalue weighted by molar-refractivity contribution is 5.78. The Bertz CT molecular complexity index is 404. The van der Waals surface area contributed by atoms with E-state index in [4.69, 9.17) is 0 Å². The molecule has 0 spiro atoms. The molecule has 1 aliphatic heterocycles. The zero-order chi connectivity index (χ0) is 13.7. The molecule has 1 fully saturated rings. The molecule has 1 aromatic carbocycles. The molecule has 2 atom stereocenters. The fourth-order valence-corrected chi connectivity index (χ4v) is 2.72. The first-order chi connectivity index (χ1) is 9.16. The summed E-state index contributed by atoms with van der Waals surface area (Å²) in [5.74, 6) is 0.515. The van der Waals surface area contributed by atoms with Gasteiger partial charge in [-0.05, 0) is 38.3 Å². The number of carbonyl (C=O) groups excluding carboxylic acids is 1. The molecule has 0 radical (unpaired) electrons. The van der Waals surface area contributed by atoms with Crippen molar-refractivity contribution >= 4 is 5.91 Å². The maximum Gasteiger partial charge on any atom is 0.225 e. The van der Waals surface area contributed by atoms with Crippen molar-refractivity contribution in [2.45, 2.75) is 32.2 Å². The monoisotopic (exact) mass is 260 g/mol. The molecule has 1 heterocycles. The van der Waals surface area contributed by atoms with Gasteiger partial charge in [0.05, 0.1) is 0 Å². The SMILES string of the molecule is CC1CC(C(=O)N(C)CCc2ccccc2)CCN1. The van der Waals surface area contributed by atoms with Crippen molar-refractivity contribution in [2.75, 3.05) is 20.1 Å². The van der Waals surface area contributed by atoms with Crippen LogP contribution >= 0.6 is 0 Å². The Labute approximate surface area is 116 Å². The van der Waals surface area contributed by atoms with Crippen molar-refractivity contribution < 1.29 is 4.79 Å². The van der Waals surface area contributed by atoms with Crippen LogP contribution in [0.5, 0.6) is 0 Å². The fourth-order valence-electron chi connectivity index (χ4n) is 2.72. The second-order valence-electron chi connectivity index (χ2n) is 5.57. The molecule has 2 unspecified atom stereocenters. The number of carbonyl (C=O) groups is 1. The maximum atomic E-state index is 12.4. The van der Waals surface area contributed by atoms with Gasteiger partial charge in [-0.2, -0.15) is 0 Å². The second-order valence-corrected chi connectivity index (χ2v) is 5.57. The lowest BCUT2D eigenvalue weighted by Crippen LogP contribution is -2.43. The first-order valence-electron chi connectivity index (χ1n) is 7.19. The van der Waals surface area contributed by atoms with Gasteiger partial charge in [0.2, 0.25) is 5.91 Å². The first-order valence-corrected chi connectivity index (χ1v) is 7.19. The van der Waals surface area contributed by atoms with E-state index in [1.807, 2.05) is 30.1 Å². The van der Waals surface area contributed by atoms with E-state index in [9.17, 15) is 4.79 Å². The lowest BCUT2D eigenvalue weighted by atomic mass is 9.92. The molecule has 19 heavy (non-hydrogen) atoms. The zero-order valence-electron chi connectivity index (χ0n) is 11.9. The largest absolute Gasteiger partial charge is 0.345 e. The van der Waals surface area contributed by atoms with E-state index in [-0.39, 0.29) is 5.92 Å². The second kappa shape index (κ2) is 6.71. The number of likely N-dealkylation sites (N-methyl/N-ethyl adjacent to an activating group) is 1. The molecular weight excluding hydrogens is 236 g/mol. The molecule has 1 N–H and O–H groups in total. The van der Waals surface area contributed by atoms with Gasteiger partial charge in [0.1, 0.15) is 0 Å². The standard InChI is InChI=1S/C16H24N2O/c1-13-12-15(8-10-17-13)16(19)18(2)11-9-14-6-4-3-5-7-14/h3-7,13,15,17H,8-12H2,1-2H3. The van der Waals surface area contributed by atoms with Crippen molar-refractivity contribution in [3.05, 3.63) is 35.9 Å². The molecule has 0 aromatic heterocycles. The summed E-state index contributed by atoms with van der Waals surface area (Å²) in [5.41, 5.74) is 1.29. The summed E-state index contributed by atoms with van der Waals surface area (Å²) in [6.45, 7) is 3.93. The van der Waals surface area contributed by atoms with Crippen LogP contribution in [0.1, 0.15) is 25.3 Å². The van der Waals surface area contributed by atoms with E-state index < -0.39 is 0 Å². The highest BCUT2D eigenvalue weighted by atomic mass is 16.2. The highest BCUT2D eigenvalue weighted by Gasteiger charge is 2.26. The molecule has 3 heteroatoms. The molecule has 3 nitrogen and oxygen atoms in total. The lowest BCUT2D eigenvalue weighted by Gasteiger charge is -2.30. The Balaban J connectivity index is 1.82. The predicted octanol–water partition coefficient (Wildman–Crippen LogP) is 2.08. The zero-order valence-corrected chi connectivity index (χ0v) is 11.9. The number of hydrogen-bond acceptors (Lipinski definition) is 2. The van der Waals surface area contributed by atoms with Crippen LogP contribution in [0.3, 0.4) is 0 Å². The number of piperidine rings is 1. The Kier molecular flexibility index (Phi) is 4.97. The van der Waals surface area contributed by atoms with E-state index in [1.54, 1.807) is 0 Å². The molecule has 104 valence electrons. The average Bonchev–Trinajstić information content (AvgIpc) is 2.45. The van der Waals surface area contributed by atoms with Crippen molar-refractivity contribution in [1.29, 1.82) is 0 Å². The Morgan fingerprint density at radius 1 is 1.37 bits per heavy atom. The maximum absolute atomic E-state index is 12.4. The molecule has 1 aliphatic rings. The normalized spacial score (nSPS) is 23.1. The van der Waals surface area contributed by atoms with Crippen molar-refractivity contribution in [1.82, 2.24) is 10.2 Å². The summed E-state index contributed by atoms with van der Waals surface area (Å²) in [7, 11) is 1.93. The summed E-state index contributed by atoms with van der Waals surface area (Å²) in [6, 6.07) is 10.8. The molecule has 0 bridgehead atoms. The highest BCUT2D eigenvalue weighted by Crippen LogP contribution is 2.18. The van der Waals surface area contributed by atoms with Crippen LogP contribution < -0.4 is 5.32 Å². The van der Waals surface area contributed by atoms with Gasteiger partial charge in [0.25, 0.3) is 0 Å². The molecule has 1 saturated heterocycles. The van der Waals surface area contributed by atoms with Crippen LogP contribution in [0.4, 0.5) is 0 Å². The van der Waals surface area contributed by atoms with Crippen LogP contribution in [0.25, 0.3) is 0 Å². The smallest absolute Gasteiger partial charge is 0.225 e. The van der Waals surface area contributed by atoms with E-state index in [2.05, 4.69) is 24.4 Å². The number of nitrogens with zero attached hydrogens (tertiary/aromatic N) is 1. The van der Waals surface area contributed by atoms with E-state index >= 15 is 0 Å². The van der Waals surface area contributed by atoms with Gasteiger partial charge < -0.3 is 10.2 Å². The van der Waals surface area contributed by atoms with Crippen molar-refractivity contribution in [3.8, 4) is 0 Å². The topological polar surface area (TPSA) is 32.3 Å². The molecule has 0 saturated carbocycles. The van der Waals surface area contributed by atoms with Gasteiger partial charge in [-0.3, -0.25) is 4.79 Å². The average molecular weight is 260 g/mol. The van der Waals surface area contributed by atoms with Gasteiger partial charge in [0.15, 0.2) is 0 Å². The van der Waals surface area contributed by atoms with Crippen LogP contribution in [0.15, 0.2) is 30.3 Å². The Hall–Kier alpha value is -1.35. The molecular formula is C16H24N2O. The van der Waals surface area contributed by atoms with Crippen LogP contribution in [-0.2, 0) is 11.2 Å². The number of amides is 1. The van der Waals surface area contributed by atoms with Gasteiger partial charge in [-0.1, -0.05) is 30.3 Å². The van der Waals surface area contributed by atoms with Gasteiger partial charge in [-0.25, -0.2) is 0 Å². The van der Waals surface area contributed by atoms with E-state index in [1.165, 1.54) is 5.56 Å². The number of rotatable bonds is 4. The molecule has 2 rings (SSSR count). The van der Waals surface area contributed by atoms with E-state index in [0.29, 0.717) is 11.9 Å². The van der Waals surface area contributed by atoms with Gasteiger partial charge in [0, 0.05) is 25.6 Å². The third kappa shape index (κ3) is 4.06. The molecule has 1 amide bonds. The number of hydrogen-bond donors (Lipinski definition) is 1. The van der Waals surface area contributed by atoms with Crippen LogP contribution in [-0.4, -0.2) is 37.0 Å². The van der Waals surface area contributed by atoms with Gasteiger partial charge in [-0.15, -0.1) is 0 Å². The minimum atomic E-state index is 0.206. The number of benzene rings is 1. The predicted molar refractivity (Wildman–Crippen MR) is 78.0 cm³/mol. The van der Waals surface area contributed by atoms with Crippen LogP contribution in [0, 0.1) is 5.92 Å². The molecule has 0 aliphatic carbocycles. The van der Waals surface area contributed by atoms with Crippen LogP contribution in [0.2, 0.25) is 0 Å². The van der Waals surface area contributed by atoms with Crippen molar-refractivity contribution in [2.24, 2.45) is 5.92 Å². The third-order valence-corrected chi connectivity index (χ3v) is 3.93.